The van der Waals surface area contributed by atoms with Crippen molar-refractivity contribution in [3.63, 3.8) is 0 Å². The molecule has 1 aromatic heterocycles. The highest BCUT2D eigenvalue weighted by molar-refractivity contribution is 6.32. The highest BCUT2D eigenvalue weighted by Crippen LogP contribution is 2.28. The number of nitrogens with zero attached hydrogens (tertiary/aromatic N) is 2. The molecule has 1 aliphatic heterocycles. The van der Waals surface area contributed by atoms with Gasteiger partial charge in [0.05, 0.1) is 22.5 Å². The van der Waals surface area contributed by atoms with Crippen LogP contribution in [0.3, 0.4) is 0 Å². The number of ether oxygens (including phenoxy) is 1. The van der Waals surface area contributed by atoms with Crippen LogP contribution in [0.25, 0.3) is 17.4 Å². The minimum absolute atomic E-state index is 0.206. The van der Waals surface area contributed by atoms with Crippen molar-refractivity contribution in [1.29, 1.82) is 0 Å². The van der Waals surface area contributed by atoms with Crippen LogP contribution in [-0.4, -0.2) is 17.6 Å². The van der Waals surface area contributed by atoms with E-state index in [1.165, 1.54) is 5.01 Å². The van der Waals surface area contributed by atoms with Crippen molar-refractivity contribution in [3.05, 3.63) is 120 Å². The number of amides is 1. The lowest BCUT2D eigenvalue weighted by molar-refractivity contribution is -0.114. The van der Waals surface area contributed by atoms with E-state index in [1.807, 2.05) is 72.8 Å². The molecule has 1 aliphatic rings. The first-order valence-electron chi connectivity index (χ1n) is 11.2. The van der Waals surface area contributed by atoms with Crippen LogP contribution in [0, 0.1) is 0 Å². The second-order valence-electron chi connectivity index (χ2n) is 8.04. The van der Waals surface area contributed by atoms with Gasteiger partial charge < -0.3 is 9.15 Å². The maximum atomic E-state index is 12.9. The number of carbonyl (C=O) groups excluding carboxylic acids is 2. The van der Waals surface area contributed by atoms with Crippen LogP contribution in [0.1, 0.15) is 28.6 Å². The molecule has 0 saturated heterocycles. The van der Waals surface area contributed by atoms with Gasteiger partial charge in [0.2, 0.25) is 0 Å². The minimum atomic E-state index is -0.408. The lowest BCUT2D eigenvalue weighted by atomic mass is 10.1. The number of hydrazone groups is 1. The van der Waals surface area contributed by atoms with Gasteiger partial charge in [-0.2, -0.15) is 10.1 Å². The van der Waals surface area contributed by atoms with Crippen LogP contribution >= 0.6 is 0 Å². The zero-order valence-electron chi connectivity index (χ0n) is 19.0. The second kappa shape index (κ2) is 9.65. The van der Waals surface area contributed by atoms with Crippen LogP contribution in [0.5, 0.6) is 0 Å². The van der Waals surface area contributed by atoms with E-state index in [-0.39, 0.29) is 12.5 Å². The summed E-state index contributed by atoms with van der Waals surface area (Å²) in [5.74, 6) is 0.475. The average molecular weight is 463 g/mol. The number of rotatable bonds is 6. The molecule has 4 aromatic rings. The Bertz CT molecular complexity index is 1440. The standard InChI is InChI=1S/C29H22N2O4/c1-20-26(28(32)31(30-20)24-13-6-3-7-14-24)18-25-15-16-27(35-25)22-11-8-12-23(17-22)29(33)34-19-21-9-4-2-5-10-21/h2-18H,19H2,1H3/b26-18-. The molecule has 0 unspecified atom stereocenters. The van der Waals surface area contributed by atoms with Crippen molar-refractivity contribution >= 4 is 29.4 Å². The molecule has 1 amide bonds. The van der Waals surface area contributed by atoms with Gasteiger partial charge in [0, 0.05) is 5.56 Å². The maximum Gasteiger partial charge on any atom is 0.338 e. The Morgan fingerprint density at radius 1 is 0.943 bits per heavy atom. The van der Waals surface area contributed by atoms with Crippen molar-refractivity contribution in [2.24, 2.45) is 5.10 Å². The van der Waals surface area contributed by atoms with Gasteiger partial charge in [0.1, 0.15) is 18.1 Å². The van der Waals surface area contributed by atoms with Crippen LogP contribution in [0.2, 0.25) is 0 Å². The highest BCUT2D eigenvalue weighted by atomic mass is 16.5. The first-order valence-corrected chi connectivity index (χ1v) is 11.2. The smallest absolute Gasteiger partial charge is 0.338 e. The molecule has 0 N–H and O–H groups in total. The first kappa shape index (κ1) is 22.1. The molecule has 0 aliphatic carbocycles. The molecule has 0 atom stereocenters. The van der Waals surface area contributed by atoms with Crippen LogP contribution in [0.15, 0.2) is 112 Å². The van der Waals surface area contributed by atoms with Crippen molar-refractivity contribution in [2.45, 2.75) is 13.5 Å². The lowest BCUT2D eigenvalue weighted by Gasteiger charge is -2.10. The molecule has 6 nitrogen and oxygen atoms in total. The van der Waals surface area contributed by atoms with Crippen molar-refractivity contribution in [2.75, 3.05) is 5.01 Å². The summed E-state index contributed by atoms with van der Waals surface area (Å²) in [6.45, 7) is 2.00. The fourth-order valence-corrected chi connectivity index (χ4v) is 3.76. The molecule has 0 radical (unpaired) electrons. The van der Waals surface area contributed by atoms with Gasteiger partial charge in [-0.25, -0.2) is 4.79 Å². The topological polar surface area (TPSA) is 72.1 Å². The fourth-order valence-electron chi connectivity index (χ4n) is 3.76. The Morgan fingerprint density at radius 2 is 1.69 bits per heavy atom. The van der Waals surface area contributed by atoms with Crippen LogP contribution in [-0.2, 0) is 16.1 Å². The van der Waals surface area contributed by atoms with Crippen LogP contribution < -0.4 is 5.01 Å². The largest absolute Gasteiger partial charge is 0.457 e. The Hall–Kier alpha value is -4.71. The van der Waals surface area contributed by atoms with E-state index in [0.717, 1.165) is 11.1 Å². The van der Waals surface area contributed by atoms with Gasteiger partial charge in [-0.05, 0) is 55.0 Å². The van der Waals surface area contributed by atoms with Gasteiger partial charge in [0.25, 0.3) is 5.91 Å². The predicted octanol–water partition coefficient (Wildman–Crippen LogP) is 6.11. The van der Waals surface area contributed by atoms with Crippen molar-refractivity contribution < 1.29 is 18.7 Å². The molecule has 2 heterocycles. The van der Waals surface area contributed by atoms with E-state index in [4.69, 9.17) is 9.15 Å². The van der Waals surface area contributed by atoms with Gasteiger partial charge in [-0.3, -0.25) is 4.79 Å². The maximum absolute atomic E-state index is 12.9. The fraction of sp³-hybridized carbons (Fsp3) is 0.0690. The molecule has 0 spiro atoms. The third-order valence-electron chi connectivity index (χ3n) is 5.57. The summed E-state index contributed by atoms with van der Waals surface area (Å²) in [7, 11) is 0. The van der Waals surface area contributed by atoms with Crippen molar-refractivity contribution in [3.8, 4) is 11.3 Å². The first-order chi connectivity index (χ1) is 17.1. The molecule has 0 fully saturated rings. The van der Waals surface area contributed by atoms with E-state index in [9.17, 15) is 9.59 Å². The normalized spacial score (nSPS) is 14.3. The number of esters is 1. The Balaban J connectivity index is 1.32. The van der Waals surface area contributed by atoms with Gasteiger partial charge in [0.15, 0.2) is 0 Å². The molecular formula is C29H22N2O4. The summed E-state index contributed by atoms with van der Waals surface area (Å²) < 4.78 is 11.4. The lowest BCUT2D eigenvalue weighted by Crippen LogP contribution is -2.21. The van der Waals surface area contributed by atoms with Crippen molar-refractivity contribution in [1.82, 2.24) is 0 Å². The number of hydrogen-bond donors (Lipinski definition) is 0. The monoisotopic (exact) mass is 462 g/mol. The summed E-state index contributed by atoms with van der Waals surface area (Å²) in [5, 5.41) is 5.78. The SMILES string of the molecule is CC1=NN(c2ccccc2)C(=O)/C1=C\c1ccc(-c2cccc(C(=O)OCc3ccccc3)c2)o1. The summed E-state index contributed by atoms with van der Waals surface area (Å²) in [6, 6.07) is 29.5. The van der Waals surface area contributed by atoms with Gasteiger partial charge >= 0.3 is 5.97 Å². The molecule has 6 heteroatoms. The zero-order chi connectivity index (χ0) is 24.2. The molecule has 3 aromatic carbocycles. The molecule has 172 valence electrons. The van der Waals surface area contributed by atoms with E-state index in [2.05, 4.69) is 5.10 Å². The molecular weight excluding hydrogens is 440 g/mol. The number of carbonyl (C=O) groups is 2. The molecule has 35 heavy (non-hydrogen) atoms. The quantitative estimate of drug-likeness (QED) is 0.256. The van der Waals surface area contributed by atoms with Crippen LogP contribution in [0.4, 0.5) is 5.69 Å². The number of anilines is 1. The summed E-state index contributed by atoms with van der Waals surface area (Å²) in [4.78, 5) is 25.5. The third-order valence-corrected chi connectivity index (χ3v) is 5.57. The number of para-hydroxylation sites is 1. The van der Waals surface area contributed by atoms with E-state index in [0.29, 0.717) is 34.1 Å². The summed E-state index contributed by atoms with van der Waals surface area (Å²) in [6.07, 6.45) is 1.69. The Labute approximate surface area is 202 Å². The zero-order valence-corrected chi connectivity index (χ0v) is 19.0. The average Bonchev–Trinajstić information content (AvgIpc) is 3.49. The van der Waals surface area contributed by atoms with E-state index < -0.39 is 5.97 Å². The molecule has 0 bridgehead atoms. The summed E-state index contributed by atoms with van der Waals surface area (Å²) >= 11 is 0. The summed E-state index contributed by atoms with van der Waals surface area (Å²) in [5.41, 5.74) is 3.87. The number of furan rings is 1. The van der Waals surface area contributed by atoms with Gasteiger partial charge in [-0.1, -0.05) is 60.7 Å². The second-order valence-corrected chi connectivity index (χ2v) is 8.04. The number of benzene rings is 3. The van der Waals surface area contributed by atoms with E-state index >= 15 is 0 Å². The highest BCUT2D eigenvalue weighted by Gasteiger charge is 2.29. The van der Waals surface area contributed by atoms with Gasteiger partial charge in [-0.15, -0.1) is 0 Å². The minimum Gasteiger partial charge on any atom is -0.457 e. The Kier molecular flexibility index (Phi) is 6.09. The molecule has 0 saturated carbocycles. The Morgan fingerprint density at radius 3 is 2.46 bits per heavy atom. The molecule has 5 rings (SSSR count). The third kappa shape index (κ3) is 4.82. The predicted molar refractivity (Wildman–Crippen MR) is 135 cm³/mol. The number of hydrogen-bond acceptors (Lipinski definition) is 5. The van der Waals surface area contributed by atoms with E-state index in [1.54, 1.807) is 37.3 Å².